The smallest absolute Gasteiger partial charge is 0.324 e. The lowest BCUT2D eigenvalue weighted by atomic mass is 10.4. The van der Waals surface area contributed by atoms with Crippen LogP contribution in [0.3, 0.4) is 0 Å². The molecule has 7 nitrogen and oxygen atoms in total. The van der Waals surface area contributed by atoms with Gasteiger partial charge in [0.05, 0.1) is 5.25 Å². The first kappa shape index (κ1) is 13.6. The summed E-state index contributed by atoms with van der Waals surface area (Å²) in [6, 6.07) is 1.31. The van der Waals surface area contributed by atoms with Gasteiger partial charge in [0.15, 0.2) is 5.16 Å². The lowest BCUT2D eigenvalue weighted by molar-refractivity contribution is -0.126. The van der Waals surface area contributed by atoms with Gasteiger partial charge >= 0.3 is 6.03 Å². The van der Waals surface area contributed by atoms with Crippen molar-refractivity contribution in [1.82, 2.24) is 20.2 Å². The molecule has 0 unspecified atom stereocenters. The van der Waals surface area contributed by atoms with Gasteiger partial charge in [-0.3, -0.25) is 9.69 Å². The predicted molar refractivity (Wildman–Crippen MR) is 71.6 cm³/mol. The highest BCUT2D eigenvalue weighted by molar-refractivity contribution is 8.00. The monoisotopic (exact) mass is 281 g/mol. The van der Waals surface area contributed by atoms with E-state index in [4.69, 9.17) is 5.73 Å². The second-order valence-electron chi connectivity index (χ2n) is 4.20. The summed E-state index contributed by atoms with van der Waals surface area (Å²) in [6.07, 6.45) is 0. The van der Waals surface area contributed by atoms with Crippen LogP contribution >= 0.6 is 11.8 Å². The number of thioether (sulfide) groups is 1. The van der Waals surface area contributed by atoms with Crippen LogP contribution in [-0.4, -0.2) is 45.1 Å². The highest BCUT2D eigenvalue weighted by atomic mass is 32.2. The molecule has 0 saturated carbocycles. The zero-order chi connectivity index (χ0) is 14.0. The summed E-state index contributed by atoms with van der Waals surface area (Å²) in [4.78, 5) is 33.0. The van der Waals surface area contributed by atoms with E-state index in [0.29, 0.717) is 24.1 Å². The summed E-state index contributed by atoms with van der Waals surface area (Å²) in [7, 11) is 0. The number of anilines is 1. The molecule has 2 rings (SSSR count). The van der Waals surface area contributed by atoms with Crippen molar-refractivity contribution in [1.29, 1.82) is 0 Å². The van der Waals surface area contributed by atoms with Crippen molar-refractivity contribution < 1.29 is 9.59 Å². The first-order chi connectivity index (χ1) is 8.97. The van der Waals surface area contributed by atoms with Gasteiger partial charge in [-0.15, -0.1) is 0 Å². The number of carbonyl (C=O) groups is 2. The average molecular weight is 281 g/mol. The van der Waals surface area contributed by atoms with E-state index in [1.54, 1.807) is 13.0 Å². The van der Waals surface area contributed by atoms with Gasteiger partial charge in [0.1, 0.15) is 5.82 Å². The Balaban J connectivity index is 2.05. The molecule has 0 aromatic carbocycles. The molecule has 19 heavy (non-hydrogen) atoms. The molecule has 0 aliphatic carbocycles. The summed E-state index contributed by atoms with van der Waals surface area (Å²) >= 11 is 1.20. The molecule has 3 N–H and O–H groups in total. The van der Waals surface area contributed by atoms with E-state index >= 15 is 0 Å². The largest absolute Gasteiger partial charge is 0.384 e. The van der Waals surface area contributed by atoms with E-state index in [1.807, 2.05) is 6.92 Å². The standard InChI is InChI=1S/C11H15N5O2S/c1-6-5-8(12)15-10(14-6)19-7(2)9(17)16-4-3-13-11(16)18/h5,7H,3-4H2,1-2H3,(H,13,18)(H2,12,14,15)/t7-/m0/s1. The molecule has 2 heterocycles. The molecule has 0 bridgehead atoms. The van der Waals surface area contributed by atoms with Gasteiger partial charge in [0.2, 0.25) is 5.91 Å². The molecule has 1 fully saturated rings. The normalized spacial score (nSPS) is 16.3. The minimum Gasteiger partial charge on any atom is -0.384 e. The fraction of sp³-hybridized carbons (Fsp3) is 0.455. The third kappa shape index (κ3) is 3.14. The molecule has 0 spiro atoms. The summed E-state index contributed by atoms with van der Waals surface area (Å²) in [5.41, 5.74) is 6.38. The molecule has 1 aliphatic rings. The topological polar surface area (TPSA) is 101 Å². The van der Waals surface area contributed by atoms with Crippen molar-refractivity contribution in [2.24, 2.45) is 0 Å². The van der Waals surface area contributed by atoms with Gasteiger partial charge < -0.3 is 11.1 Å². The van der Waals surface area contributed by atoms with Crippen LogP contribution in [0.5, 0.6) is 0 Å². The molecule has 1 saturated heterocycles. The van der Waals surface area contributed by atoms with Crippen LogP contribution in [0.1, 0.15) is 12.6 Å². The van der Waals surface area contributed by atoms with Crippen LogP contribution in [0.4, 0.5) is 10.6 Å². The number of hydrogen-bond donors (Lipinski definition) is 2. The maximum atomic E-state index is 12.1. The number of hydrogen-bond acceptors (Lipinski definition) is 6. The van der Waals surface area contributed by atoms with Gasteiger partial charge in [0, 0.05) is 24.8 Å². The Morgan fingerprint density at radius 1 is 1.58 bits per heavy atom. The second kappa shape index (κ2) is 5.43. The summed E-state index contributed by atoms with van der Waals surface area (Å²) < 4.78 is 0. The maximum Gasteiger partial charge on any atom is 0.324 e. The van der Waals surface area contributed by atoms with E-state index in [0.717, 1.165) is 5.69 Å². The summed E-state index contributed by atoms with van der Waals surface area (Å²) in [6.45, 7) is 4.43. The number of nitrogens with one attached hydrogen (secondary N) is 1. The minimum atomic E-state index is -0.440. The number of rotatable bonds is 3. The van der Waals surface area contributed by atoms with Crippen molar-refractivity contribution in [3.8, 4) is 0 Å². The maximum absolute atomic E-state index is 12.1. The van der Waals surface area contributed by atoms with Gasteiger partial charge in [-0.1, -0.05) is 11.8 Å². The third-order valence-electron chi connectivity index (χ3n) is 2.61. The lowest BCUT2D eigenvalue weighted by Crippen LogP contribution is -2.39. The van der Waals surface area contributed by atoms with Crippen molar-refractivity contribution in [2.45, 2.75) is 24.3 Å². The number of nitrogens with two attached hydrogens (primary N) is 1. The van der Waals surface area contributed by atoms with Crippen LogP contribution < -0.4 is 11.1 Å². The van der Waals surface area contributed by atoms with E-state index in [2.05, 4.69) is 15.3 Å². The highest BCUT2D eigenvalue weighted by Crippen LogP contribution is 2.22. The Labute approximate surface area is 115 Å². The molecule has 8 heteroatoms. The van der Waals surface area contributed by atoms with Crippen LogP contribution in [-0.2, 0) is 4.79 Å². The Hall–Kier alpha value is -1.83. The van der Waals surface area contributed by atoms with Crippen molar-refractivity contribution in [3.63, 3.8) is 0 Å². The molecule has 102 valence electrons. The Morgan fingerprint density at radius 3 is 2.89 bits per heavy atom. The number of urea groups is 1. The van der Waals surface area contributed by atoms with E-state index in [-0.39, 0.29) is 11.9 Å². The van der Waals surface area contributed by atoms with Crippen LogP contribution in [0, 0.1) is 6.92 Å². The summed E-state index contributed by atoms with van der Waals surface area (Å²) in [5, 5.41) is 2.60. The summed E-state index contributed by atoms with van der Waals surface area (Å²) in [5.74, 6) is 0.122. The van der Waals surface area contributed by atoms with Crippen LogP contribution in [0.2, 0.25) is 0 Å². The highest BCUT2D eigenvalue weighted by Gasteiger charge is 2.30. The van der Waals surface area contributed by atoms with Gasteiger partial charge in [0.25, 0.3) is 0 Å². The Bertz CT molecular complexity index is 502. The number of carbonyl (C=O) groups excluding carboxylic acids is 2. The van der Waals surface area contributed by atoms with Crippen LogP contribution in [0.15, 0.2) is 11.2 Å². The van der Waals surface area contributed by atoms with Crippen molar-refractivity contribution in [3.05, 3.63) is 11.8 Å². The van der Waals surface area contributed by atoms with E-state index < -0.39 is 5.25 Å². The van der Waals surface area contributed by atoms with Crippen molar-refractivity contribution in [2.75, 3.05) is 18.8 Å². The van der Waals surface area contributed by atoms with E-state index in [9.17, 15) is 9.59 Å². The zero-order valence-electron chi connectivity index (χ0n) is 10.7. The minimum absolute atomic E-state index is 0.247. The average Bonchev–Trinajstić information content (AvgIpc) is 2.73. The number of nitrogens with zero attached hydrogens (tertiary/aromatic N) is 3. The first-order valence-electron chi connectivity index (χ1n) is 5.84. The fourth-order valence-corrected chi connectivity index (χ4v) is 2.63. The molecule has 1 aromatic rings. The first-order valence-corrected chi connectivity index (χ1v) is 6.72. The van der Waals surface area contributed by atoms with Gasteiger partial charge in [-0.2, -0.15) is 0 Å². The number of amides is 3. The molecule has 1 aliphatic heterocycles. The number of aryl methyl sites for hydroxylation is 1. The van der Waals surface area contributed by atoms with Gasteiger partial charge in [-0.25, -0.2) is 14.8 Å². The second-order valence-corrected chi connectivity index (χ2v) is 5.51. The molecule has 1 aromatic heterocycles. The lowest BCUT2D eigenvalue weighted by Gasteiger charge is -2.16. The number of imide groups is 1. The molecule has 3 amide bonds. The molecule has 1 atom stereocenters. The SMILES string of the molecule is Cc1cc(N)nc(S[C@@H](C)C(=O)N2CCNC2=O)n1. The number of nitrogen functional groups attached to an aromatic ring is 1. The van der Waals surface area contributed by atoms with E-state index in [1.165, 1.54) is 16.7 Å². The van der Waals surface area contributed by atoms with Crippen LogP contribution in [0.25, 0.3) is 0 Å². The Kier molecular flexibility index (Phi) is 3.89. The molecular weight excluding hydrogens is 266 g/mol. The molecule has 0 radical (unpaired) electrons. The molecular formula is C11H15N5O2S. The predicted octanol–water partition coefficient (Wildman–Crippen LogP) is 0.400. The quantitative estimate of drug-likeness (QED) is 0.614. The fourth-order valence-electron chi connectivity index (χ4n) is 1.73. The third-order valence-corrected chi connectivity index (χ3v) is 3.55. The van der Waals surface area contributed by atoms with Crippen molar-refractivity contribution >= 4 is 29.5 Å². The Morgan fingerprint density at radius 2 is 2.32 bits per heavy atom. The van der Waals surface area contributed by atoms with Gasteiger partial charge in [-0.05, 0) is 13.8 Å². The number of aromatic nitrogens is 2. The zero-order valence-corrected chi connectivity index (χ0v) is 11.5.